The third kappa shape index (κ3) is 4.73. The summed E-state index contributed by atoms with van der Waals surface area (Å²) in [6, 6.07) is 2.08. The third-order valence-electron chi connectivity index (χ3n) is 5.95. The van der Waals surface area contributed by atoms with Crippen LogP contribution >= 0.6 is 24.0 Å². The smallest absolute Gasteiger partial charge is 0.270 e. The Labute approximate surface area is 193 Å². The fourth-order valence-corrected chi connectivity index (χ4v) is 5.52. The van der Waals surface area contributed by atoms with Crippen LogP contribution in [-0.4, -0.2) is 39.3 Å². The maximum Gasteiger partial charge on any atom is 0.270 e. The summed E-state index contributed by atoms with van der Waals surface area (Å²) in [5, 5.41) is 9.64. The summed E-state index contributed by atoms with van der Waals surface area (Å²) >= 11 is 6.80. The second-order valence-electron chi connectivity index (χ2n) is 7.99. The molecular weight excluding hydrogens is 428 g/mol. The number of carbonyl (C=O) groups is 1. The maximum atomic E-state index is 13.1. The second-order valence-corrected chi connectivity index (χ2v) is 9.66. The molecule has 0 N–H and O–H groups in total. The molecule has 6 nitrogen and oxygen atoms in total. The fraction of sp³-hybridized carbons (Fsp3) is 0.565. The van der Waals surface area contributed by atoms with Crippen LogP contribution in [0.3, 0.4) is 0 Å². The van der Waals surface area contributed by atoms with Gasteiger partial charge in [0.1, 0.15) is 21.8 Å². The van der Waals surface area contributed by atoms with E-state index in [9.17, 15) is 14.9 Å². The van der Waals surface area contributed by atoms with Crippen molar-refractivity contribution >= 4 is 46.1 Å². The van der Waals surface area contributed by atoms with E-state index in [0.29, 0.717) is 27.9 Å². The van der Waals surface area contributed by atoms with Gasteiger partial charge in [-0.25, -0.2) is 0 Å². The van der Waals surface area contributed by atoms with Gasteiger partial charge in [0.05, 0.1) is 4.91 Å². The largest absolute Gasteiger partial charge is 0.357 e. The second kappa shape index (κ2) is 10.5. The number of hydrogen-bond acceptors (Lipinski definition) is 6. The van der Waals surface area contributed by atoms with Crippen LogP contribution < -0.4 is 10.5 Å². The summed E-state index contributed by atoms with van der Waals surface area (Å²) in [5.74, 6) is 0.737. The van der Waals surface area contributed by atoms with Crippen molar-refractivity contribution < 1.29 is 4.79 Å². The van der Waals surface area contributed by atoms with E-state index in [-0.39, 0.29) is 17.0 Å². The van der Waals surface area contributed by atoms with Gasteiger partial charge >= 0.3 is 0 Å². The minimum absolute atomic E-state index is 0.0778. The van der Waals surface area contributed by atoms with Crippen LogP contribution in [0.1, 0.15) is 69.1 Å². The van der Waals surface area contributed by atoms with Crippen molar-refractivity contribution in [3.8, 4) is 6.07 Å². The highest BCUT2D eigenvalue weighted by Crippen LogP contribution is 2.36. The molecule has 31 heavy (non-hydrogen) atoms. The number of carbonyl (C=O) groups excluding carboxylic acids is 1. The lowest BCUT2D eigenvalue weighted by Gasteiger charge is -2.26. The summed E-state index contributed by atoms with van der Waals surface area (Å²) in [6.07, 6.45) is 8.29. The van der Waals surface area contributed by atoms with Gasteiger partial charge in [-0.15, -0.1) is 0 Å². The molecule has 1 amide bonds. The molecule has 1 aromatic heterocycles. The molecule has 0 bridgehead atoms. The molecule has 3 heterocycles. The molecule has 2 aliphatic rings. The zero-order valence-corrected chi connectivity index (χ0v) is 20.2. The zero-order valence-electron chi connectivity index (χ0n) is 18.6. The summed E-state index contributed by atoms with van der Waals surface area (Å²) < 4.78 is 2.26. The van der Waals surface area contributed by atoms with Crippen molar-refractivity contribution in [1.29, 1.82) is 5.26 Å². The number of nitrogens with zero attached hydrogens (tertiary/aromatic N) is 4. The summed E-state index contributed by atoms with van der Waals surface area (Å²) in [5.41, 5.74) is 1.30. The van der Waals surface area contributed by atoms with Crippen molar-refractivity contribution in [2.45, 2.75) is 65.8 Å². The van der Waals surface area contributed by atoms with Crippen LogP contribution in [0.2, 0.25) is 0 Å². The number of unbranched alkanes of at least 4 members (excludes halogenated alkanes) is 3. The van der Waals surface area contributed by atoms with Crippen LogP contribution in [-0.2, 0) is 11.3 Å². The first-order valence-electron chi connectivity index (χ1n) is 11.1. The molecule has 0 atom stereocenters. The highest BCUT2D eigenvalue weighted by Gasteiger charge is 2.33. The van der Waals surface area contributed by atoms with Gasteiger partial charge in [0, 0.05) is 31.7 Å². The molecule has 0 spiro atoms. The Bertz CT molecular complexity index is 1000. The minimum atomic E-state index is -0.259. The van der Waals surface area contributed by atoms with E-state index in [1.165, 1.54) is 11.8 Å². The molecule has 0 radical (unpaired) electrons. The topological polar surface area (TPSA) is 69.3 Å². The van der Waals surface area contributed by atoms with Crippen molar-refractivity contribution in [3.05, 3.63) is 31.9 Å². The summed E-state index contributed by atoms with van der Waals surface area (Å²) in [4.78, 5) is 30.5. The normalized spacial score (nSPS) is 17.8. The van der Waals surface area contributed by atoms with Crippen LogP contribution in [0.15, 0.2) is 9.70 Å². The molecule has 1 aromatic rings. The maximum absolute atomic E-state index is 13.1. The summed E-state index contributed by atoms with van der Waals surface area (Å²) in [6.45, 7) is 8.71. The predicted octanol–water partition coefficient (Wildman–Crippen LogP) is 4.43. The van der Waals surface area contributed by atoms with Gasteiger partial charge in [0.25, 0.3) is 11.5 Å². The fourth-order valence-electron chi connectivity index (χ4n) is 4.23. The van der Waals surface area contributed by atoms with Gasteiger partial charge in [0.2, 0.25) is 0 Å². The molecule has 8 heteroatoms. The Balaban J connectivity index is 2.05. The molecule has 2 aliphatic heterocycles. The van der Waals surface area contributed by atoms with Crippen LogP contribution in [0.4, 0.5) is 5.82 Å². The highest BCUT2D eigenvalue weighted by atomic mass is 32.2. The molecule has 2 fully saturated rings. The molecule has 166 valence electrons. The molecule has 2 saturated heterocycles. The van der Waals surface area contributed by atoms with Crippen molar-refractivity contribution in [2.24, 2.45) is 0 Å². The molecule has 3 rings (SSSR count). The predicted molar refractivity (Wildman–Crippen MR) is 131 cm³/mol. The lowest BCUT2D eigenvalue weighted by atomic mass is 10.0. The van der Waals surface area contributed by atoms with E-state index >= 15 is 0 Å². The lowest BCUT2D eigenvalue weighted by molar-refractivity contribution is -0.122. The molecular formula is C23H30N4O2S2. The van der Waals surface area contributed by atoms with Crippen LogP contribution in [0, 0.1) is 18.3 Å². The molecule has 0 aliphatic carbocycles. The number of amides is 1. The van der Waals surface area contributed by atoms with Gasteiger partial charge < -0.3 is 4.90 Å². The van der Waals surface area contributed by atoms with Crippen molar-refractivity contribution in [2.75, 3.05) is 24.5 Å². The number of anilines is 1. The monoisotopic (exact) mass is 458 g/mol. The number of aromatic nitrogens is 1. The SMILES string of the molecule is CCCCCCN1C(=O)/C(=C/c2c(C)c(C#N)c(=O)n(CC)c2N2CCCC2)SC1=S. The number of thioether (sulfide) groups is 1. The molecule has 0 unspecified atom stereocenters. The summed E-state index contributed by atoms with van der Waals surface area (Å²) in [7, 11) is 0. The Morgan fingerprint density at radius 1 is 1.16 bits per heavy atom. The lowest BCUT2D eigenvalue weighted by Crippen LogP contribution is -2.33. The van der Waals surface area contributed by atoms with Gasteiger partial charge in [0.15, 0.2) is 0 Å². The number of nitriles is 1. The van der Waals surface area contributed by atoms with E-state index in [4.69, 9.17) is 12.2 Å². The Morgan fingerprint density at radius 2 is 1.87 bits per heavy atom. The number of thiocarbonyl (C=S) groups is 1. The van der Waals surface area contributed by atoms with Gasteiger partial charge in [-0.2, -0.15) is 5.26 Å². The van der Waals surface area contributed by atoms with Crippen molar-refractivity contribution in [3.63, 3.8) is 0 Å². The van der Waals surface area contributed by atoms with Gasteiger partial charge in [-0.3, -0.25) is 19.1 Å². The quantitative estimate of drug-likeness (QED) is 0.326. The van der Waals surface area contributed by atoms with E-state index in [2.05, 4.69) is 17.9 Å². The van der Waals surface area contributed by atoms with Crippen LogP contribution in [0.25, 0.3) is 6.08 Å². The van der Waals surface area contributed by atoms with E-state index in [0.717, 1.165) is 63.0 Å². The standard InChI is InChI=1S/C23H30N4O2S2/c1-4-6-7-8-13-27-22(29)19(31-23(27)30)14-17-16(3)18(15-24)21(28)26(5-2)20(17)25-11-9-10-12-25/h14H,4-13H2,1-3H3/b19-14-. The number of rotatable bonds is 8. The zero-order chi connectivity index (χ0) is 22.5. The third-order valence-corrected chi connectivity index (χ3v) is 7.33. The minimum Gasteiger partial charge on any atom is -0.357 e. The average molecular weight is 459 g/mol. The highest BCUT2D eigenvalue weighted by molar-refractivity contribution is 8.26. The Morgan fingerprint density at radius 3 is 2.48 bits per heavy atom. The number of hydrogen-bond donors (Lipinski definition) is 0. The van der Waals surface area contributed by atoms with E-state index in [1.807, 2.05) is 13.0 Å². The van der Waals surface area contributed by atoms with E-state index < -0.39 is 0 Å². The Kier molecular flexibility index (Phi) is 7.95. The van der Waals surface area contributed by atoms with Crippen LogP contribution in [0.5, 0.6) is 0 Å². The Hall–Kier alpha value is -2.11. The number of pyridine rings is 1. The van der Waals surface area contributed by atoms with Crippen molar-refractivity contribution in [1.82, 2.24) is 9.47 Å². The first-order valence-corrected chi connectivity index (χ1v) is 12.3. The first-order chi connectivity index (χ1) is 14.9. The molecule has 0 saturated carbocycles. The van der Waals surface area contributed by atoms with Gasteiger partial charge in [-0.1, -0.05) is 50.2 Å². The average Bonchev–Trinajstić information content (AvgIpc) is 3.37. The van der Waals surface area contributed by atoms with E-state index in [1.54, 1.807) is 16.4 Å². The first kappa shape index (κ1) is 23.6. The van der Waals surface area contributed by atoms with Gasteiger partial charge in [-0.05, 0) is 44.7 Å². The molecule has 0 aromatic carbocycles.